The van der Waals surface area contributed by atoms with E-state index in [1.165, 1.54) is 0 Å². The maximum absolute atomic E-state index is 9.44. The zero-order valence-corrected chi connectivity index (χ0v) is 8.22. The van der Waals surface area contributed by atoms with Crippen LogP contribution in [0.4, 0.5) is 0 Å². The number of hydrogen-bond acceptors (Lipinski definition) is 4. The molecule has 78 valence electrons. The molecule has 2 heterocycles. The molecule has 1 aromatic heterocycles. The second-order valence-electron chi connectivity index (χ2n) is 3.85. The van der Waals surface area contributed by atoms with E-state index in [1.807, 2.05) is 4.57 Å². The first-order valence-corrected chi connectivity index (χ1v) is 4.93. The molecule has 1 aromatic rings. The lowest BCUT2D eigenvalue weighted by molar-refractivity contribution is 0.163. The van der Waals surface area contributed by atoms with Crippen molar-refractivity contribution in [3.05, 3.63) is 11.6 Å². The quantitative estimate of drug-likeness (QED) is 0.693. The molecule has 0 spiro atoms. The highest BCUT2D eigenvalue weighted by Gasteiger charge is 2.23. The van der Waals surface area contributed by atoms with Crippen LogP contribution in [0.15, 0.2) is 0 Å². The van der Waals surface area contributed by atoms with E-state index in [0.29, 0.717) is 5.82 Å². The first-order valence-electron chi connectivity index (χ1n) is 4.93. The first-order chi connectivity index (χ1) is 6.72. The number of nitrogens with zero attached hydrogens (tertiary/aromatic N) is 3. The van der Waals surface area contributed by atoms with Gasteiger partial charge in [0.15, 0.2) is 5.82 Å². The van der Waals surface area contributed by atoms with Crippen LogP contribution in [-0.4, -0.2) is 31.6 Å². The topological polar surface area (TPSA) is 71.2 Å². The number of hydrogen-bond donors (Lipinski definition) is 2. The van der Waals surface area contributed by atoms with E-state index in [1.54, 1.807) is 6.92 Å². The molecule has 0 bridgehead atoms. The van der Waals surface area contributed by atoms with Crippen LogP contribution < -0.4 is 0 Å². The summed E-state index contributed by atoms with van der Waals surface area (Å²) >= 11 is 0. The SMILES string of the molecule is C[C@H](O)c1nnc2n1CC(CO)CC2. The van der Waals surface area contributed by atoms with Crippen molar-refractivity contribution in [2.24, 2.45) is 5.92 Å². The van der Waals surface area contributed by atoms with Crippen molar-refractivity contribution in [1.29, 1.82) is 0 Å². The second kappa shape index (κ2) is 3.67. The summed E-state index contributed by atoms with van der Waals surface area (Å²) in [5.74, 6) is 1.81. The molecule has 0 fully saturated rings. The van der Waals surface area contributed by atoms with Crippen molar-refractivity contribution in [3.8, 4) is 0 Å². The van der Waals surface area contributed by atoms with Crippen LogP contribution in [0.1, 0.15) is 31.1 Å². The van der Waals surface area contributed by atoms with Gasteiger partial charge in [-0.1, -0.05) is 0 Å². The van der Waals surface area contributed by atoms with Crippen molar-refractivity contribution < 1.29 is 10.2 Å². The van der Waals surface area contributed by atoms with Crippen molar-refractivity contribution in [1.82, 2.24) is 14.8 Å². The van der Waals surface area contributed by atoms with Gasteiger partial charge in [-0.2, -0.15) is 0 Å². The largest absolute Gasteiger partial charge is 0.396 e. The Labute approximate surface area is 82.4 Å². The average molecular weight is 197 g/mol. The molecule has 0 radical (unpaired) electrons. The number of rotatable bonds is 2. The molecule has 2 N–H and O–H groups in total. The van der Waals surface area contributed by atoms with Crippen molar-refractivity contribution in [2.45, 2.75) is 32.4 Å². The van der Waals surface area contributed by atoms with E-state index < -0.39 is 6.10 Å². The molecule has 1 aliphatic heterocycles. The minimum Gasteiger partial charge on any atom is -0.396 e. The van der Waals surface area contributed by atoms with E-state index >= 15 is 0 Å². The lowest BCUT2D eigenvalue weighted by Crippen LogP contribution is -2.24. The van der Waals surface area contributed by atoms with Crippen LogP contribution in [-0.2, 0) is 13.0 Å². The molecule has 14 heavy (non-hydrogen) atoms. The Hall–Kier alpha value is -0.940. The highest BCUT2D eigenvalue weighted by molar-refractivity contribution is 5.01. The molecule has 0 saturated heterocycles. The Morgan fingerprint density at radius 2 is 2.36 bits per heavy atom. The molecule has 2 atom stereocenters. The molecule has 1 unspecified atom stereocenters. The number of aliphatic hydroxyl groups excluding tert-OH is 2. The normalized spacial score (nSPS) is 23.2. The van der Waals surface area contributed by atoms with Gasteiger partial charge in [0.05, 0.1) is 0 Å². The minimum absolute atomic E-state index is 0.191. The smallest absolute Gasteiger partial charge is 0.161 e. The molecule has 0 aromatic carbocycles. The van der Waals surface area contributed by atoms with E-state index in [2.05, 4.69) is 10.2 Å². The number of aliphatic hydroxyl groups is 2. The number of aromatic nitrogens is 3. The summed E-state index contributed by atoms with van der Waals surface area (Å²) in [6.07, 6.45) is 1.20. The van der Waals surface area contributed by atoms with Gasteiger partial charge in [0, 0.05) is 25.5 Å². The molecule has 0 saturated carbocycles. The summed E-state index contributed by atoms with van der Waals surface area (Å²) < 4.78 is 1.93. The summed E-state index contributed by atoms with van der Waals surface area (Å²) in [6, 6.07) is 0. The predicted octanol–water partition coefficient (Wildman–Crippen LogP) is -0.114. The molecule has 0 amide bonds. The Morgan fingerprint density at radius 1 is 1.57 bits per heavy atom. The van der Waals surface area contributed by atoms with E-state index in [9.17, 15) is 5.11 Å². The van der Waals surface area contributed by atoms with Crippen LogP contribution in [0.5, 0.6) is 0 Å². The fourth-order valence-electron chi connectivity index (χ4n) is 1.87. The maximum atomic E-state index is 9.44. The summed E-state index contributed by atoms with van der Waals surface area (Å²) in [7, 11) is 0. The van der Waals surface area contributed by atoms with Crippen LogP contribution in [0.25, 0.3) is 0 Å². The summed E-state index contributed by atoms with van der Waals surface area (Å²) in [5.41, 5.74) is 0. The minimum atomic E-state index is -0.589. The van der Waals surface area contributed by atoms with Gasteiger partial charge in [0.1, 0.15) is 11.9 Å². The zero-order chi connectivity index (χ0) is 10.1. The van der Waals surface area contributed by atoms with Gasteiger partial charge >= 0.3 is 0 Å². The third-order valence-corrected chi connectivity index (χ3v) is 2.70. The first kappa shape index (κ1) is 9.61. The van der Waals surface area contributed by atoms with Crippen LogP contribution in [0.3, 0.4) is 0 Å². The molecule has 5 nitrogen and oxygen atoms in total. The Bertz CT molecular complexity index is 322. The van der Waals surface area contributed by atoms with Gasteiger partial charge in [0.2, 0.25) is 0 Å². The van der Waals surface area contributed by atoms with Crippen LogP contribution >= 0.6 is 0 Å². The van der Waals surface area contributed by atoms with Gasteiger partial charge < -0.3 is 14.8 Å². The Morgan fingerprint density at radius 3 is 3.00 bits per heavy atom. The van der Waals surface area contributed by atoms with Gasteiger partial charge in [0.25, 0.3) is 0 Å². The third kappa shape index (κ3) is 1.53. The zero-order valence-electron chi connectivity index (χ0n) is 8.22. The van der Waals surface area contributed by atoms with Crippen molar-refractivity contribution in [3.63, 3.8) is 0 Å². The monoisotopic (exact) mass is 197 g/mol. The van der Waals surface area contributed by atoms with E-state index in [-0.39, 0.29) is 12.5 Å². The van der Waals surface area contributed by atoms with Crippen molar-refractivity contribution in [2.75, 3.05) is 6.61 Å². The lowest BCUT2D eigenvalue weighted by atomic mass is 10.0. The molecular weight excluding hydrogens is 182 g/mol. The summed E-state index contributed by atoms with van der Waals surface area (Å²) in [5, 5.41) is 26.5. The highest BCUT2D eigenvalue weighted by Crippen LogP contribution is 2.22. The van der Waals surface area contributed by atoms with E-state index in [0.717, 1.165) is 25.2 Å². The number of fused-ring (bicyclic) bond motifs is 1. The van der Waals surface area contributed by atoms with Crippen molar-refractivity contribution >= 4 is 0 Å². The standard InChI is InChI=1S/C9H15N3O2/c1-6(14)9-11-10-8-3-2-7(5-13)4-12(8)9/h6-7,13-14H,2-5H2,1H3/t6-,7?/m0/s1. The predicted molar refractivity (Wildman–Crippen MR) is 49.6 cm³/mol. The second-order valence-corrected chi connectivity index (χ2v) is 3.85. The van der Waals surface area contributed by atoms with Gasteiger partial charge in [-0.15, -0.1) is 10.2 Å². The fraction of sp³-hybridized carbons (Fsp3) is 0.778. The third-order valence-electron chi connectivity index (χ3n) is 2.70. The highest BCUT2D eigenvalue weighted by atomic mass is 16.3. The Kier molecular flexibility index (Phi) is 2.52. The molecule has 5 heteroatoms. The summed E-state index contributed by atoms with van der Waals surface area (Å²) in [6.45, 7) is 2.59. The summed E-state index contributed by atoms with van der Waals surface area (Å²) in [4.78, 5) is 0. The van der Waals surface area contributed by atoms with Crippen LogP contribution in [0.2, 0.25) is 0 Å². The average Bonchev–Trinajstić information content (AvgIpc) is 2.59. The molecule has 0 aliphatic carbocycles. The maximum Gasteiger partial charge on any atom is 0.161 e. The fourth-order valence-corrected chi connectivity index (χ4v) is 1.87. The van der Waals surface area contributed by atoms with Gasteiger partial charge in [-0.3, -0.25) is 0 Å². The van der Waals surface area contributed by atoms with Gasteiger partial charge in [-0.25, -0.2) is 0 Å². The van der Waals surface area contributed by atoms with Gasteiger partial charge in [-0.05, 0) is 13.3 Å². The van der Waals surface area contributed by atoms with E-state index in [4.69, 9.17) is 5.11 Å². The Balaban J connectivity index is 2.28. The molecular formula is C9H15N3O2. The molecule has 1 aliphatic rings. The number of aryl methyl sites for hydroxylation is 1. The molecule has 2 rings (SSSR count). The van der Waals surface area contributed by atoms with Crippen LogP contribution in [0, 0.1) is 5.92 Å². The lowest BCUT2D eigenvalue weighted by Gasteiger charge is -2.22.